The predicted octanol–water partition coefficient (Wildman–Crippen LogP) is 5.66. The number of hydrogen-bond acceptors (Lipinski definition) is 2. The minimum absolute atomic E-state index is 0.136. The quantitative estimate of drug-likeness (QED) is 0.537. The second-order valence-corrected chi connectivity index (χ2v) is 8.02. The number of piperidine rings is 1. The Kier molecular flexibility index (Phi) is 5.32. The number of rotatable bonds is 5. The van der Waals surface area contributed by atoms with Gasteiger partial charge < -0.3 is 9.30 Å². The summed E-state index contributed by atoms with van der Waals surface area (Å²) in [7, 11) is 0. The average molecular weight is 413 g/mol. The van der Waals surface area contributed by atoms with Crippen LogP contribution in [0.3, 0.4) is 0 Å². The molecule has 0 radical (unpaired) electrons. The van der Waals surface area contributed by atoms with Crippen LogP contribution in [0, 0.1) is 0 Å². The average Bonchev–Trinajstić information content (AvgIpc) is 3.04. The van der Waals surface area contributed by atoms with E-state index in [0.29, 0.717) is 0 Å². The van der Waals surface area contributed by atoms with Crippen molar-refractivity contribution in [3.63, 3.8) is 0 Å². The van der Waals surface area contributed by atoms with Gasteiger partial charge in [-0.25, -0.2) is 0 Å². The van der Waals surface area contributed by atoms with E-state index in [0.717, 1.165) is 29.9 Å². The normalized spacial score (nSPS) is 16.7. The molecule has 3 nitrogen and oxygen atoms in total. The Morgan fingerprint density at radius 1 is 1.04 bits per heavy atom. The molecule has 0 saturated carbocycles. The molecule has 4 heteroatoms. The number of likely N-dealkylation sites (tertiary alicyclic amines) is 1. The van der Waals surface area contributed by atoms with Gasteiger partial charge in [0.1, 0.15) is 12.0 Å². The lowest BCUT2D eigenvalue weighted by atomic mass is 10.1. The van der Waals surface area contributed by atoms with Gasteiger partial charge >= 0.3 is 0 Å². The highest BCUT2D eigenvalue weighted by Crippen LogP contribution is 2.25. The number of nitrogens with zero attached hydrogens (tertiary/aromatic N) is 2. The van der Waals surface area contributed by atoms with E-state index in [1.165, 1.54) is 35.7 Å². The fraction of sp³-hybridized carbons (Fsp3) is 0.364. The third kappa shape index (κ3) is 3.97. The third-order valence-electron chi connectivity index (χ3n) is 5.20. The summed E-state index contributed by atoms with van der Waals surface area (Å²) in [5.41, 5.74) is 2.53. The summed E-state index contributed by atoms with van der Waals surface area (Å²) in [6, 6.07) is 17.1. The van der Waals surface area contributed by atoms with Gasteiger partial charge in [0.2, 0.25) is 0 Å². The summed E-state index contributed by atoms with van der Waals surface area (Å²) >= 11 is 3.55. The zero-order valence-corrected chi connectivity index (χ0v) is 16.8. The zero-order valence-electron chi connectivity index (χ0n) is 15.2. The first-order chi connectivity index (χ1) is 12.7. The lowest BCUT2D eigenvalue weighted by Crippen LogP contribution is -2.40. The highest BCUT2D eigenvalue weighted by molar-refractivity contribution is 9.10. The molecule has 0 aliphatic carbocycles. The van der Waals surface area contributed by atoms with Gasteiger partial charge in [0.25, 0.3) is 0 Å². The number of fused-ring (bicyclic) bond motifs is 1. The van der Waals surface area contributed by atoms with E-state index in [2.05, 4.69) is 87.0 Å². The van der Waals surface area contributed by atoms with Crippen molar-refractivity contribution in [1.82, 2.24) is 9.47 Å². The molecular formula is C22H25BrN2O. The van der Waals surface area contributed by atoms with Crippen molar-refractivity contribution in [3.05, 3.63) is 64.8 Å². The number of halogens is 1. The molecule has 4 rings (SSSR count). The molecule has 1 aliphatic rings. The van der Waals surface area contributed by atoms with Crippen LogP contribution < -0.4 is 4.74 Å². The highest BCUT2D eigenvalue weighted by Gasteiger charge is 2.18. The summed E-state index contributed by atoms with van der Waals surface area (Å²) < 4.78 is 9.62. The van der Waals surface area contributed by atoms with Crippen LogP contribution in [0.4, 0.5) is 0 Å². The number of ether oxygens (including phenoxy) is 1. The fourth-order valence-electron chi connectivity index (χ4n) is 3.77. The Bertz CT molecular complexity index is 883. The van der Waals surface area contributed by atoms with Crippen molar-refractivity contribution in [2.45, 2.75) is 39.0 Å². The van der Waals surface area contributed by atoms with Crippen molar-refractivity contribution >= 4 is 26.8 Å². The van der Waals surface area contributed by atoms with Gasteiger partial charge in [0.15, 0.2) is 0 Å². The van der Waals surface area contributed by atoms with Gasteiger partial charge in [0, 0.05) is 41.2 Å². The van der Waals surface area contributed by atoms with Crippen LogP contribution in [0.1, 0.15) is 31.7 Å². The lowest BCUT2D eigenvalue weighted by molar-refractivity contribution is 0.0263. The zero-order chi connectivity index (χ0) is 17.9. The maximum absolute atomic E-state index is 6.22. The van der Waals surface area contributed by atoms with Crippen LogP contribution in [0.2, 0.25) is 0 Å². The third-order valence-corrected chi connectivity index (χ3v) is 5.69. The van der Waals surface area contributed by atoms with Gasteiger partial charge in [-0.05, 0) is 61.7 Å². The summed E-state index contributed by atoms with van der Waals surface area (Å²) in [6.07, 6.45) is 6.21. The van der Waals surface area contributed by atoms with Crippen molar-refractivity contribution in [2.24, 2.45) is 0 Å². The van der Waals surface area contributed by atoms with E-state index in [1.54, 1.807) is 0 Å². The SMILES string of the molecule is CC(Oc1ccc2c(ccn2Cc2cccc(Br)c2)c1)N1CCCCC1. The van der Waals surface area contributed by atoms with Gasteiger partial charge in [-0.1, -0.05) is 34.5 Å². The first kappa shape index (κ1) is 17.6. The van der Waals surface area contributed by atoms with Crippen LogP contribution >= 0.6 is 15.9 Å². The van der Waals surface area contributed by atoms with Crippen molar-refractivity contribution in [1.29, 1.82) is 0 Å². The molecule has 1 unspecified atom stereocenters. The van der Waals surface area contributed by atoms with Crippen molar-refractivity contribution in [3.8, 4) is 5.75 Å². The van der Waals surface area contributed by atoms with E-state index >= 15 is 0 Å². The second-order valence-electron chi connectivity index (χ2n) is 7.11. The summed E-state index contributed by atoms with van der Waals surface area (Å²) in [4.78, 5) is 2.44. The highest BCUT2D eigenvalue weighted by atomic mass is 79.9. The fourth-order valence-corrected chi connectivity index (χ4v) is 4.22. The topological polar surface area (TPSA) is 17.4 Å². The molecule has 0 N–H and O–H groups in total. The Morgan fingerprint density at radius 2 is 1.88 bits per heavy atom. The summed E-state index contributed by atoms with van der Waals surface area (Å²) in [5.74, 6) is 0.954. The molecule has 2 heterocycles. The number of hydrogen-bond donors (Lipinski definition) is 0. The van der Waals surface area contributed by atoms with Gasteiger partial charge in [-0.3, -0.25) is 4.90 Å². The van der Waals surface area contributed by atoms with E-state index in [-0.39, 0.29) is 6.23 Å². The van der Waals surface area contributed by atoms with E-state index < -0.39 is 0 Å². The molecule has 0 bridgehead atoms. The molecule has 2 aromatic carbocycles. The second kappa shape index (κ2) is 7.85. The molecule has 1 aliphatic heterocycles. The largest absolute Gasteiger partial charge is 0.475 e. The molecule has 0 spiro atoms. The van der Waals surface area contributed by atoms with E-state index in [4.69, 9.17) is 4.74 Å². The van der Waals surface area contributed by atoms with Crippen LogP contribution in [0.25, 0.3) is 10.9 Å². The summed E-state index contributed by atoms with van der Waals surface area (Å²) in [5, 5.41) is 1.23. The first-order valence-electron chi connectivity index (χ1n) is 9.43. The maximum atomic E-state index is 6.22. The molecular weight excluding hydrogens is 388 g/mol. The van der Waals surface area contributed by atoms with Crippen molar-refractivity contribution in [2.75, 3.05) is 13.1 Å². The predicted molar refractivity (Wildman–Crippen MR) is 111 cm³/mol. The first-order valence-corrected chi connectivity index (χ1v) is 10.2. The van der Waals surface area contributed by atoms with Crippen LogP contribution in [0.5, 0.6) is 5.75 Å². The van der Waals surface area contributed by atoms with E-state index in [1.807, 2.05) is 0 Å². The van der Waals surface area contributed by atoms with Gasteiger partial charge in [-0.15, -0.1) is 0 Å². The molecule has 136 valence electrons. The van der Waals surface area contributed by atoms with Crippen LogP contribution in [-0.4, -0.2) is 28.8 Å². The standard InChI is InChI=1S/C22H25BrN2O/c1-17(24-11-3-2-4-12-24)26-21-8-9-22-19(15-21)10-13-25(22)16-18-6-5-7-20(23)14-18/h5-10,13-15,17H,2-4,11-12,16H2,1H3. The number of aromatic nitrogens is 1. The van der Waals surface area contributed by atoms with Crippen LogP contribution in [-0.2, 0) is 6.54 Å². The minimum atomic E-state index is 0.136. The van der Waals surface area contributed by atoms with Gasteiger partial charge in [0.05, 0.1) is 0 Å². The Balaban J connectivity index is 1.49. The Morgan fingerprint density at radius 3 is 2.69 bits per heavy atom. The number of benzene rings is 2. The molecule has 26 heavy (non-hydrogen) atoms. The van der Waals surface area contributed by atoms with Gasteiger partial charge in [-0.2, -0.15) is 0 Å². The summed E-state index contributed by atoms with van der Waals surface area (Å²) in [6.45, 7) is 5.32. The molecule has 1 fully saturated rings. The molecule has 1 saturated heterocycles. The molecule has 1 atom stereocenters. The monoisotopic (exact) mass is 412 g/mol. The molecule has 1 aromatic heterocycles. The minimum Gasteiger partial charge on any atom is -0.475 e. The Hall–Kier alpha value is -1.78. The lowest BCUT2D eigenvalue weighted by Gasteiger charge is -2.32. The molecule has 0 amide bonds. The van der Waals surface area contributed by atoms with E-state index in [9.17, 15) is 0 Å². The maximum Gasteiger partial charge on any atom is 0.149 e. The van der Waals surface area contributed by atoms with Crippen LogP contribution in [0.15, 0.2) is 59.2 Å². The smallest absolute Gasteiger partial charge is 0.149 e. The van der Waals surface area contributed by atoms with Crippen molar-refractivity contribution < 1.29 is 4.74 Å². The molecule has 3 aromatic rings. The Labute approximate surface area is 163 Å².